The number of benzene rings is 2. The number of carbonyl (C=O) groups excluding carboxylic acids is 1. The second-order valence-corrected chi connectivity index (χ2v) is 5.49. The minimum Gasteiger partial charge on any atom is -0.394 e. The number of halogens is 1. The molecular formula is C16H16BrNO2. The van der Waals surface area contributed by atoms with Crippen molar-refractivity contribution in [2.24, 2.45) is 0 Å². The highest BCUT2D eigenvalue weighted by molar-refractivity contribution is 9.10. The molecular weight excluding hydrogens is 318 g/mol. The van der Waals surface area contributed by atoms with Gasteiger partial charge in [0.25, 0.3) is 5.91 Å². The zero-order chi connectivity index (χ0) is 14.5. The number of amides is 1. The van der Waals surface area contributed by atoms with Crippen molar-refractivity contribution in [3.8, 4) is 0 Å². The smallest absolute Gasteiger partial charge is 0.252 e. The van der Waals surface area contributed by atoms with Crippen LogP contribution in [0, 0.1) is 6.92 Å². The summed E-state index contributed by atoms with van der Waals surface area (Å²) in [6, 6.07) is 14.5. The second kappa shape index (κ2) is 6.68. The highest BCUT2D eigenvalue weighted by Crippen LogP contribution is 2.19. The molecule has 2 rings (SSSR count). The van der Waals surface area contributed by atoms with Crippen molar-refractivity contribution in [2.45, 2.75) is 13.0 Å². The Morgan fingerprint density at radius 3 is 2.65 bits per heavy atom. The molecule has 0 saturated heterocycles. The summed E-state index contributed by atoms with van der Waals surface area (Å²) in [4.78, 5) is 12.3. The Bertz CT molecular complexity index is 613. The molecule has 0 heterocycles. The van der Waals surface area contributed by atoms with E-state index in [0.717, 1.165) is 15.6 Å². The van der Waals surface area contributed by atoms with Gasteiger partial charge in [0.1, 0.15) is 0 Å². The predicted molar refractivity (Wildman–Crippen MR) is 82.6 cm³/mol. The van der Waals surface area contributed by atoms with Gasteiger partial charge in [-0.25, -0.2) is 0 Å². The number of aryl methyl sites for hydroxylation is 1. The molecule has 0 unspecified atom stereocenters. The first-order chi connectivity index (χ1) is 9.61. The largest absolute Gasteiger partial charge is 0.394 e. The van der Waals surface area contributed by atoms with E-state index in [1.807, 2.05) is 49.4 Å². The molecule has 104 valence electrons. The lowest BCUT2D eigenvalue weighted by Gasteiger charge is -2.17. The van der Waals surface area contributed by atoms with Gasteiger partial charge in [0.15, 0.2) is 0 Å². The van der Waals surface area contributed by atoms with Crippen LogP contribution < -0.4 is 5.32 Å². The third-order valence-electron chi connectivity index (χ3n) is 3.13. The van der Waals surface area contributed by atoms with E-state index in [1.54, 1.807) is 6.07 Å². The summed E-state index contributed by atoms with van der Waals surface area (Å²) in [6.07, 6.45) is 0. The fourth-order valence-electron chi connectivity index (χ4n) is 2.02. The molecule has 0 bridgehead atoms. The lowest BCUT2D eigenvalue weighted by atomic mass is 10.1. The Morgan fingerprint density at radius 1 is 1.25 bits per heavy atom. The van der Waals surface area contributed by atoms with Crippen LogP contribution in [0.1, 0.15) is 27.5 Å². The van der Waals surface area contributed by atoms with E-state index in [1.165, 1.54) is 0 Å². The van der Waals surface area contributed by atoms with Crippen LogP contribution in [-0.4, -0.2) is 17.6 Å². The number of rotatable bonds is 4. The summed E-state index contributed by atoms with van der Waals surface area (Å²) in [6.45, 7) is 1.75. The second-order valence-electron chi connectivity index (χ2n) is 4.58. The van der Waals surface area contributed by atoms with Crippen molar-refractivity contribution in [3.05, 3.63) is 69.7 Å². The summed E-state index contributed by atoms with van der Waals surface area (Å²) in [5, 5.41) is 12.4. The third kappa shape index (κ3) is 3.46. The summed E-state index contributed by atoms with van der Waals surface area (Å²) in [5.41, 5.74) is 2.40. The fourth-order valence-corrected chi connectivity index (χ4v) is 2.44. The molecule has 1 amide bonds. The Morgan fingerprint density at radius 2 is 2.00 bits per heavy atom. The first kappa shape index (κ1) is 14.8. The van der Waals surface area contributed by atoms with E-state index in [4.69, 9.17) is 0 Å². The van der Waals surface area contributed by atoms with Gasteiger partial charge < -0.3 is 10.4 Å². The Kier molecular flexibility index (Phi) is 4.93. The van der Waals surface area contributed by atoms with Gasteiger partial charge in [0.05, 0.1) is 12.6 Å². The van der Waals surface area contributed by atoms with Crippen LogP contribution in [0.4, 0.5) is 0 Å². The fraction of sp³-hybridized carbons (Fsp3) is 0.188. The molecule has 0 aliphatic heterocycles. The number of aliphatic hydroxyl groups is 1. The normalized spacial score (nSPS) is 11.9. The zero-order valence-electron chi connectivity index (χ0n) is 11.1. The summed E-state index contributed by atoms with van der Waals surface area (Å²) >= 11 is 3.39. The van der Waals surface area contributed by atoms with Gasteiger partial charge in [0.2, 0.25) is 0 Å². The summed E-state index contributed by atoms with van der Waals surface area (Å²) in [5.74, 6) is -0.179. The molecule has 0 saturated carbocycles. The van der Waals surface area contributed by atoms with Crippen LogP contribution in [0.25, 0.3) is 0 Å². The molecule has 0 fully saturated rings. The van der Waals surface area contributed by atoms with Crippen molar-refractivity contribution >= 4 is 21.8 Å². The SMILES string of the molecule is Cc1ccccc1C(=O)N[C@@H](CO)c1cccc(Br)c1. The minimum atomic E-state index is -0.417. The van der Waals surface area contributed by atoms with Crippen LogP contribution in [0.15, 0.2) is 53.0 Å². The van der Waals surface area contributed by atoms with E-state index >= 15 is 0 Å². The van der Waals surface area contributed by atoms with Gasteiger partial charge >= 0.3 is 0 Å². The topological polar surface area (TPSA) is 49.3 Å². The van der Waals surface area contributed by atoms with Crippen molar-refractivity contribution in [2.75, 3.05) is 6.61 Å². The molecule has 4 heteroatoms. The predicted octanol–water partition coefficient (Wildman–Crippen LogP) is 3.22. The molecule has 2 aromatic carbocycles. The maximum atomic E-state index is 12.3. The maximum absolute atomic E-state index is 12.3. The first-order valence-corrected chi connectivity index (χ1v) is 7.14. The van der Waals surface area contributed by atoms with Gasteiger partial charge in [0, 0.05) is 10.0 Å². The van der Waals surface area contributed by atoms with E-state index in [2.05, 4.69) is 21.2 Å². The highest BCUT2D eigenvalue weighted by Gasteiger charge is 2.16. The zero-order valence-corrected chi connectivity index (χ0v) is 12.7. The molecule has 0 spiro atoms. The Labute approximate surface area is 126 Å². The average molecular weight is 334 g/mol. The van der Waals surface area contributed by atoms with Crippen molar-refractivity contribution in [1.29, 1.82) is 0 Å². The minimum absolute atomic E-state index is 0.145. The van der Waals surface area contributed by atoms with Crippen LogP contribution in [0.3, 0.4) is 0 Å². The average Bonchev–Trinajstić information content (AvgIpc) is 2.45. The van der Waals surface area contributed by atoms with Gasteiger partial charge in [-0.1, -0.05) is 46.3 Å². The van der Waals surface area contributed by atoms with Gasteiger partial charge in [-0.05, 0) is 36.2 Å². The standard InChI is InChI=1S/C16H16BrNO2/c1-11-5-2-3-8-14(11)16(20)18-15(10-19)12-6-4-7-13(17)9-12/h2-9,15,19H,10H2,1H3,(H,18,20)/t15-/m0/s1. The number of aliphatic hydroxyl groups excluding tert-OH is 1. The number of hydrogen-bond acceptors (Lipinski definition) is 2. The molecule has 1 atom stereocenters. The van der Waals surface area contributed by atoms with Crippen molar-refractivity contribution in [3.63, 3.8) is 0 Å². The van der Waals surface area contributed by atoms with Crippen LogP contribution in [0.2, 0.25) is 0 Å². The Balaban J connectivity index is 2.19. The first-order valence-electron chi connectivity index (χ1n) is 6.34. The maximum Gasteiger partial charge on any atom is 0.252 e. The van der Waals surface area contributed by atoms with Crippen molar-refractivity contribution < 1.29 is 9.90 Å². The molecule has 3 nitrogen and oxygen atoms in total. The van der Waals surface area contributed by atoms with Crippen molar-refractivity contribution in [1.82, 2.24) is 5.32 Å². The van der Waals surface area contributed by atoms with Gasteiger partial charge in [-0.15, -0.1) is 0 Å². The number of hydrogen-bond donors (Lipinski definition) is 2. The molecule has 2 N–H and O–H groups in total. The van der Waals surface area contributed by atoms with E-state index in [-0.39, 0.29) is 12.5 Å². The monoisotopic (exact) mass is 333 g/mol. The lowest BCUT2D eigenvalue weighted by molar-refractivity contribution is 0.0915. The van der Waals surface area contributed by atoms with Crippen LogP contribution >= 0.6 is 15.9 Å². The molecule has 0 radical (unpaired) electrons. The third-order valence-corrected chi connectivity index (χ3v) is 3.62. The molecule has 2 aromatic rings. The summed E-state index contributed by atoms with van der Waals surface area (Å²) < 4.78 is 0.915. The number of carbonyl (C=O) groups is 1. The Hall–Kier alpha value is -1.65. The molecule has 20 heavy (non-hydrogen) atoms. The van der Waals surface area contributed by atoms with Gasteiger partial charge in [-0.3, -0.25) is 4.79 Å². The summed E-state index contributed by atoms with van der Waals surface area (Å²) in [7, 11) is 0. The van der Waals surface area contributed by atoms with E-state index in [0.29, 0.717) is 5.56 Å². The van der Waals surface area contributed by atoms with Gasteiger partial charge in [-0.2, -0.15) is 0 Å². The molecule has 0 aliphatic rings. The van der Waals surface area contributed by atoms with E-state index < -0.39 is 6.04 Å². The highest BCUT2D eigenvalue weighted by atomic mass is 79.9. The number of nitrogens with one attached hydrogen (secondary N) is 1. The van der Waals surface area contributed by atoms with E-state index in [9.17, 15) is 9.90 Å². The quantitative estimate of drug-likeness (QED) is 0.902. The van der Waals surface area contributed by atoms with Crippen LogP contribution in [-0.2, 0) is 0 Å². The molecule has 0 aliphatic carbocycles. The lowest BCUT2D eigenvalue weighted by Crippen LogP contribution is -2.31. The van der Waals surface area contributed by atoms with Crippen LogP contribution in [0.5, 0.6) is 0 Å². The molecule has 0 aromatic heterocycles.